The average molecular weight is 221 g/mol. The molecule has 0 aromatic heterocycles. The van der Waals surface area contributed by atoms with Crippen LogP contribution in [0.1, 0.15) is 11.1 Å². The molecule has 0 aliphatic heterocycles. The number of ether oxygens (including phenoxy) is 1. The molecule has 1 aromatic carbocycles. The molecule has 0 aliphatic carbocycles. The van der Waals surface area contributed by atoms with Crippen molar-refractivity contribution >= 4 is 5.97 Å². The maximum absolute atomic E-state index is 11.4. The van der Waals surface area contributed by atoms with E-state index in [1.54, 1.807) is 0 Å². The second kappa shape index (κ2) is 6.28. The Bertz CT molecular complexity index is 330. The zero-order valence-electron chi connectivity index (χ0n) is 10.2. The molecule has 0 aliphatic rings. The van der Waals surface area contributed by atoms with E-state index in [4.69, 9.17) is 4.74 Å². The van der Waals surface area contributed by atoms with Gasteiger partial charge in [-0.1, -0.05) is 29.8 Å². The predicted octanol–water partition coefficient (Wildman–Crippen LogP) is 1.64. The molecule has 0 fully saturated rings. The molecule has 0 radical (unpaired) electrons. The minimum absolute atomic E-state index is 0.161. The normalized spacial score (nSPS) is 10.5. The smallest absolute Gasteiger partial charge is 0.310 e. The van der Waals surface area contributed by atoms with Crippen LogP contribution < -0.4 is 0 Å². The van der Waals surface area contributed by atoms with Crippen LogP contribution in [0.4, 0.5) is 0 Å². The van der Waals surface area contributed by atoms with Crippen molar-refractivity contribution in [2.45, 2.75) is 13.3 Å². The SMILES string of the molecule is Cc1ccc(CC(=O)OCCN(C)C)cc1. The van der Waals surface area contributed by atoms with E-state index in [0.29, 0.717) is 13.0 Å². The fourth-order valence-corrected chi connectivity index (χ4v) is 1.27. The van der Waals surface area contributed by atoms with Gasteiger partial charge in [-0.15, -0.1) is 0 Å². The zero-order chi connectivity index (χ0) is 12.0. The minimum Gasteiger partial charge on any atom is -0.464 e. The van der Waals surface area contributed by atoms with Gasteiger partial charge in [0.15, 0.2) is 0 Å². The summed E-state index contributed by atoms with van der Waals surface area (Å²) in [7, 11) is 3.90. The molecule has 0 saturated heterocycles. The molecule has 3 heteroatoms. The second-order valence-electron chi connectivity index (χ2n) is 4.19. The summed E-state index contributed by atoms with van der Waals surface area (Å²) in [5, 5.41) is 0. The van der Waals surface area contributed by atoms with Crippen molar-refractivity contribution in [3.05, 3.63) is 35.4 Å². The fraction of sp³-hybridized carbons (Fsp3) is 0.462. The van der Waals surface area contributed by atoms with Gasteiger partial charge >= 0.3 is 5.97 Å². The first-order valence-electron chi connectivity index (χ1n) is 5.44. The third kappa shape index (κ3) is 4.94. The highest BCUT2D eigenvalue weighted by atomic mass is 16.5. The quantitative estimate of drug-likeness (QED) is 0.708. The highest BCUT2D eigenvalue weighted by Gasteiger charge is 2.04. The summed E-state index contributed by atoms with van der Waals surface area (Å²) in [5.41, 5.74) is 2.20. The first-order chi connectivity index (χ1) is 7.58. The van der Waals surface area contributed by atoms with Crippen LogP contribution in [0.3, 0.4) is 0 Å². The molecule has 0 N–H and O–H groups in total. The number of carbonyl (C=O) groups is 1. The number of rotatable bonds is 5. The molecule has 0 bridgehead atoms. The number of carbonyl (C=O) groups excluding carboxylic acids is 1. The highest BCUT2D eigenvalue weighted by Crippen LogP contribution is 2.04. The van der Waals surface area contributed by atoms with Crippen molar-refractivity contribution in [3.8, 4) is 0 Å². The van der Waals surface area contributed by atoms with Crippen LogP contribution >= 0.6 is 0 Å². The molecule has 0 unspecified atom stereocenters. The Morgan fingerprint density at radius 1 is 1.25 bits per heavy atom. The number of likely N-dealkylation sites (N-methyl/N-ethyl adjacent to an activating group) is 1. The molecular weight excluding hydrogens is 202 g/mol. The lowest BCUT2D eigenvalue weighted by Gasteiger charge is -2.09. The molecule has 3 nitrogen and oxygen atoms in total. The number of hydrogen-bond acceptors (Lipinski definition) is 3. The van der Waals surface area contributed by atoms with Gasteiger partial charge in [0, 0.05) is 6.54 Å². The maximum Gasteiger partial charge on any atom is 0.310 e. The van der Waals surface area contributed by atoms with E-state index >= 15 is 0 Å². The standard InChI is InChI=1S/C13H19NO2/c1-11-4-6-12(7-5-11)10-13(15)16-9-8-14(2)3/h4-7H,8-10H2,1-3H3. The van der Waals surface area contributed by atoms with Crippen LogP contribution in [0.2, 0.25) is 0 Å². The van der Waals surface area contributed by atoms with E-state index in [2.05, 4.69) is 0 Å². The molecule has 0 atom stereocenters. The molecule has 0 saturated carbocycles. The molecule has 88 valence electrons. The van der Waals surface area contributed by atoms with Crippen LogP contribution in [-0.2, 0) is 16.0 Å². The third-order valence-corrected chi connectivity index (χ3v) is 2.27. The van der Waals surface area contributed by atoms with E-state index in [-0.39, 0.29) is 5.97 Å². The van der Waals surface area contributed by atoms with Gasteiger partial charge < -0.3 is 9.64 Å². The van der Waals surface area contributed by atoms with Gasteiger partial charge in [0.1, 0.15) is 6.61 Å². The average Bonchev–Trinajstić information content (AvgIpc) is 2.21. The lowest BCUT2D eigenvalue weighted by molar-refractivity contribution is -0.143. The maximum atomic E-state index is 11.4. The Labute approximate surface area is 97.0 Å². The summed E-state index contributed by atoms with van der Waals surface area (Å²) < 4.78 is 5.11. The number of hydrogen-bond donors (Lipinski definition) is 0. The Hall–Kier alpha value is -1.35. The summed E-state index contributed by atoms with van der Waals surface area (Å²) in [4.78, 5) is 13.4. The van der Waals surface area contributed by atoms with E-state index in [9.17, 15) is 4.79 Å². The molecule has 0 spiro atoms. The van der Waals surface area contributed by atoms with Crippen molar-refractivity contribution in [2.75, 3.05) is 27.2 Å². The molecule has 1 aromatic rings. The van der Waals surface area contributed by atoms with Crippen LogP contribution in [0.5, 0.6) is 0 Å². The van der Waals surface area contributed by atoms with Gasteiger partial charge in [0.2, 0.25) is 0 Å². The van der Waals surface area contributed by atoms with Crippen molar-refractivity contribution in [1.82, 2.24) is 4.90 Å². The number of esters is 1. The van der Waals surface area contributed by atoms with Crippen LogP contribution in [0.15, 0.2) is 24.3 Å². The monoisotopic (exact) mass is 221 g/mol. The number of nitrogens with zero attached hydrogens (tertiary/aromatic N) is 1. The van der Waals surface area contributed by atoms with Crippen LogP contribution in [-0.4, -0.2) is 38.1 Å². The first-order valence-corrected chi connectivity index (χ1v) is 5.44. The van der Waals surface area contributed by atoms with Gasteiger partial charge in [-0.2, -0.15) is 0 Å². The Morgan fingerprint density at radius 3 is 2.44 bits per heavy atom. The number of benzene rings is 1. The van der Waals surface area contributed by atoms with E-state index in [0.717, 1.165) is 12.1 Å². The lowest BCUT2D eigenvalue weighted by atomic mass is 10.1. The summed E-state index contributed by atoms with van der Waals surface area (Å²) in [5.74, 6) is -0.161. The van der Waals surface area contributed by atoms with E-state index in [1.165, 1.54) is 5.56 Å². The molecule has 0 heterocycles. The summed E-state index contributed by atoms with van der Waals surface area (Å²) >= 11 is 0. The Kier molecular flexibility index (Phi) is 4.99. The Morgan fingerprint density at radius 2 is 1.88 bits per heavy atom. The van der Waals surface area contributed by atoms with Gasteiger partial charge in [-0.25, -0.2) is 0 Å². The summed E-state index contributed by atoms with van der Waals surface area (Å²) in [6.07, 6.45) is 0.355. The lowest BCUT2D eigenvalue weighted by Crippen LogP contribution is -2.20. The number of aryl methyl sites for hydroxylation is 1. The summed E-state index contributed by atoms with van der Waals surface area (Å²) in [6.45, 7) is 3.25. The van der Waals surface area contributed by atoms with E-state index < -0.39 is 0 Å². The third-order valence-electron chi connectivity index (χ3n) is 2.27. The zero-order valence-corrected chi connectivity index (χ0v) is 10.2. The van der Waals surface area contributed by atoms with Crippen LogP contribution in [0, 0.1) is 6.92 Å². The van der Waals surface area contributed by atoms with Crippen molar-refractivity contribution in [2.24, 2.45) is 0 Å². The van der Waals surface area contributed by atoms with Crippen molar-refractivity contribution in [3.63, 3.8) is 0 Å². The van der Waals surface area contributed by atoms with Gasteiger partial charge in [-0.3, -0.25) is 4.79 Å². The topological polar surface area (TPSA) is 29.5 Å². The molecular formula is C13H19NO2. The largest absolute Gasteiger partial charge is 0.464 e. The first kappa shape index (κ1) is 12.7. The van der Waals surface area contributed by atoms with Crippen LogP contribution in [0.25, 0.3) is 0 Å². The second-order valence-corrected chi connectivity index (χ2v) is 4.19. The fourth-order valence-electron chi connectivity index (χ4n) is 1.27. The molecule has 0 amide bonds. The van der Waals surface area contributed by atoms with Gasteiger partial charge in [0.25, 0.3) is 0 Å². The van der Waals surface area contributed by atoms with Gasteiger partial charge in [-0.05, 0) is 26.6 Å². The molecule has 1 rings (SSSR count). The van der Waals surface area contributed by atoms with Crippen molar-refractivity contribution in [1.29, 1.82) is 0 Å². The Balaban J connectivity index is 2.31. The highest BCUT2D eigenvalue weighted by molar-refractivity contribution is 5.72. The predicted molar refractivity (Wildman–Crippen MR) is 64.4 cm³/mol. The molecule has 16 heavy (non-hydrogen) atoms. The minimum atomic E-state index is -0.161. The van der Waals surface area contributed by atoms with Gasteiger partial charge in [0.05, 0.1) is 6.42 Å². The van der Waals surface area contributed by atoms with Crippen molar-refractivity contribution < 1.29 is 9.53 Å². The summed E-state index contributed by atoms with van der Waals surface area (Å²) in [6, 6.07) is 7.93. The van der Waals surface area contributed by atoms with E-state index in [1.807, 2.05) is 50.2 Å².